The zero-order valence-electron chi connectivity index (χ0n) is 8.40. The third kappa shape index (κ3) is 6.22. The largest absolute Gasteiger partial charge is 0.508 e. The van der Waals surface area contributed by atoms with Gasteiger partial charge in [-0.3, -0.25) is 0 Å². The van der Waals surface area contributed by atoms with Gasteiger partial charge in [-0.2, -0.15) is 0 Å². The lowest BCUT2D eigenvalue weighted by molar-refractivity contribution is -0.108. The molecule has 0 aromatic rings. The summed E-state index contributed by atoms with van der Waals surface area (Å²) in [5.74, 6) is 0. The quantitative estimate of drug-likeness (QED) is 0.273. The van der Waals surface area contributed by atoms with Gasteiger partial charge in [-0.25, -0.2) is 4.79 Å². The van der Waals surface area contributed by atoms with Crippen LogP contribution in [0.3, 0.4) is 0 Å². The van der Waals surface area contributed by atoms with Gasteiger partial charge in [-0.15, -0.1) is 0 Å². The van der Waals surface area contributed by atoms with E-state index < -0.39 is 6.16 Å². The topological polar surface area (TPSA) is 52.6 Å². The Labute approximate surface area is 83.9 Å². The van der Waals surface area contributed by atoms with Crippen molar-refractivity contribution in [3.63, 3.8) is 0 Å². The van der Waals surface area contributed by atoms with E-state index in [0.29, 0.717) is 12.8 Å². The second-order valence-electron chi connectivity index (χ2n) is 2.80. The zero-order chi connectivity index (χ0) is 10.8. The maximum atomic E-state index is 10.7. The number of hydrogen-bond acceptors (Lipinski definition) is 4. The number of unbranched alkanes of at least 4 members (excludes halogenated alkanes) is 2. The number of aldehydes is 1. The summed E-state index contributed by atoms with van der Waals surface area (Å²) in [6.45, 7) is 3.54. The first-order chi connectivity index (χ1) is 6.74. The fourth-order valence-corrected chi connectivity index (χ4v) is 0.970. The summed E-state index contributed by atoms with van der Waals surface area (Å²) in [5.41, 5.74) is 0. The fourth-order valence-electron chi connectivity index (χ4n) is 0.970. The molecule has 0 rings (SSSR count). The molecule has 4 nitrogen and oxygen atoms in total. The van der Waals surface area contributed by atoms with E-state index in [1.807, 2.05) is 0 Å². The summed E-state index contributed by atoms with van der Waals surface area (Å²) in [6, 6.07) is 0. The number of ether oxygens (including phenoxy) is 2. The minimum absolute atomic E-state index is 0.325. The Balaban J connectivity index is 3.62. The molecule has 0 heterocycles. The first-order valence-electron chi connectivity index (χ1n) is 4.55. The highest BCUT2D eigenvalue weighted by Gasteiger charge is 2.09. The average Bonchev–Trinajstić information content (AvgIpc) is 2.22. The molecule has 1 unspecified atom stereocenters. The average molecular weight is 200 g/mol. The highest BCUT2D eigenvalue weighted by molar-refractivity contribution is 5.60. The van der Waals surface area contributed by atoms with E-state index in [2.05, 4.69) is 11.3 Å². The number of rotatable bonds is 7. The molecule has 0 radical (unpaired) electrons. The molecule has 4 heteroatoms. The SMILES string of the molecule is C=CC(CCCCC=O)OC(=O)OC. The van der Waals surface area contributed by atoms with Crippen molar-refractivity contribution in [2.75, 3.05) is 7.11 Å². The molecule has 14 heavy (non-hydrogen) atoms. The van der Waals surface area contributed by atoms with Crippen LogP contribution in [0.2, 0.25) is 0 Å². The lowest BCUT2D eigenvalue weighted by atomic mass is 10.1. The highest BCUT2D eigenvalue weighted by atomic mass is 16.7. The van der Waals surface area contributed by atoms with E-state index in [-0.39, 0.29) is 6.10 Å². The number of carbonyl (C=O) groups excluding carboxylic acids is 2. The highest BCUT2D eigenvalue weighted by Crippen LogP contribution is 2.08. The molecular weight excluding hydrogens is 184 g/mol. The van der Waals surface area contributed by atoms with Crippen molar-refractivity contribution in [2.24, 2.45) is 0 Å². The van der Waals surface area contributed by atoms with Crippen LogP contribution in [0, 0.1) is 0 Å². The van der Waals surface area contributed by atoms with Crippen LogP contribution in [0.1, 0.15) is 25.7 Å². The standard InChI is InChI=1S/C10H16O4/c1-3-9(14-10(12)13-2)7-5-4-6-8-11/h3,8-9H,1,4-7H2,2H3. The van der Waals surface area contributed by atoms with Gasteiger partial charge in [0.05, 0.1) is 7.11 Å². The van der Waals surface area contributed by atoms with Crippen molar-refractivity contribution < 1.29 is 19.1 Å². The van der Waals surface area contributed by atoms with Gasteiger partial charge in [0, 0.05) is 6.42 Å². The molecule has 80 valence electrons. The molecule has 1 atom stereocenters. The maximum Gasteiger partial charge on any atom is 0.508 e. The van der Waals surface area contributed by atoms with Crippen LogP contribution in [0.4, 0.5) is 4.79 Å². The predicted octanol–water partition coefficient (Wildman–Crippen LogP) is 2.08. The molecule has 0 amide bonds. The van der Waals surface area contributed by atoms with Gasteiger partial charge < -0.3 is 14.3 Å². The normalized spacial score (nSPS) is 11.5. The fraction of sp³-hybridized carbons (Fsp3) is 0.600. The van der Waals surface area contributed by atoms with Crippen molar-refractivity contribution >= 4 is 12.4 Å². The Morgan fingerprint density at radius 3 is 2.71 bits per heavy atom. The Hall–Kier alpha value is -1.32. The summed E-state index contributed by atoms with van der Waals surface area (Å²) in [7, 11) is 1.26. The lowest BCUT2D eigenvalue weighted by Gasteiger charge is -2.11. The maximum absolute atomic E-state index is 10.7. The van der Waals surface area contributed by atoms with Gasteiger partial charge in [-0.1, -0.05) is 12.7 Å². The third-order valence-corrected chi connectivity index (χ3v) is 1.74. The van der Waals surface area contributed by atoms with E-state index in [1.165, 1.54) is 7.11 Å². The second-order valence-corrected chi connectivity index (χ2v) is 2.80. The van der Waals surface area contributed by atoms with Crippen LogP contribution in [0.15, 0.2) is 12.7 Å². The van der Waals surface area contributed by atoms with Gasteiger partial charge in [0.15, 0.2) is 0 Å². The van der Waals surface area contributed by atoms with Crippen LogP contribution in [-0.2, 0) is 14.3 Å². The van der Waals surface area contributed by atoms with Gasteiger partial charge in [-0.05, 0) is 19.3 Å². The first kappa shape index (κ1) is 12.7. The number of hydrogen-bond donors (Lipinski definition) is 0. The smallest absolute Gasteiger partial charge is 0.438 e. The second kappa shape index (κ2) is 8.29. The summed E-state index contributed by atoms with van der Waals surface area (Å²) in [6.07, 6.45) is 4.25. The summed E-state index contributed by atoms with van der Waals surface area (Å²) < 4.78 is 9.21. The van der Waals surface area contributed by atoms with Crippen molar-refractivity contribution in [3.05, 3.63) is 12.7 Å². The van der Waals surface area contributed by atoms with E-state index in [9.17, 15) is 9.59 Å². The molecule has 0 N–H and O–H groups in total. The monoisotopic (exact) mass is 200 g/mol. The Morgan fingerprint density at radius 1 is 1.50 bits per heavy atom. The summed E-state index contributed by atoms with van der Waals surface area (Å²) in [5, 5.41) is 0. The third-order valence-electron chi connectivity index (χ3n) is 1.74. The number of methoxy groups -OCH3 is 1. The van der Waals surface area contributed by atoms with Crippen molar-refractivity contribution in [2.45, 2.75) is 31.8 Å². The van der Waals surface area contributed by atoms with Crippen LogP contribution in [0.25, 0.3) is 0 Å². The Bertz CT molecular complexity index is 189. The summed E-state index contributed by atoms with van der Waals surface area (Å²) in [4.78, 5) is 20.7. The molecular formula is C10H16O4. The van der Waals surface area contributed by atoms with E-state index >= 15 is 0 Å². The van der Waals surface area contributed by atoms with E-state index in [4.69, 9.17) is 4.74 Å². The molecule has 0 saturated carbocycles. The zero-order valence-corrected chi connectivity index (χ0v) is 8.40. The predicted molar refractivity (Wildman–Crippen MR) is 52.0 cm³/mol. The van der Waals surface area contributed by atoms with Crippen LogP contribution < -0.4 is 0 Å². The van der Waals surface area contributed by atoms with Crippen LogP contribution in [-0.4, -0.2) is 25.7 Å². The minimum Gasteiger partial charge on any atom is -0.438 e. The van der Waals surface area contributed by atoms with Crippen molar-refractivity contribution in [3.8, 4) is 0 Å². The Morgan fingerprint density at radius 2 is 2.21 bits per heavy atom. The minimum atomic E-state index is -0.703. The van der Waals surface area contributed by atoms with Gasteiger partial charge in [0.25, 0.3) is 0 Å². The van der Waals surface area contributed by atoms with Crippen LogP contribution in [0.5, 0.6) is 0 Å². The van der Waals surface area contributed by atoms with E-state index in [1.54, 1.807) is 6.08 Å². The molecule has 0 aromatic heterocycles. The van der Waals surface area contributed by atoms with E-state index in [0.717, 1.165) is 19.1 Å². The molecule has 0 aliphatic rings. The van der Waals surface area contributed by atoms with Gasteiger partial charge in [0.1, 0.15) is 12.4 Å². The van der Waals surface area contributed by atoms with Crippen molar-refractivity contribution in [1.29, 1.82) is 0 Å². The molecule has 0 fully saturated rings. The van der Waals surface area contributed by atoms with Crippen molar-refractivity contribution in [1.82, 2.24) is 0 Å². The first-order valence-corrected chi connectivity index (χ1v) is 4.55. The number of carbonyl (C=O) groups is 2. The molecule has 0 aliphatic heterocycles. The molecule has 0 bridgehead atoms. The van der Waals surface area contributed by atoms with Gasteiger partial charge in [0.2, 0.25) is 0 Å². The van der Waals surface area contributed by atoms with Crippen LogP contribution >= 0.6 is 0 Å². The lowest BCUT2D eigenvalue weighted by Crippen LogP contribution is -2.15. The molecule has 0 aromatic carbocycles. The molecule has 0 spiro atoms. The summed E-state index contributed by atoms with van der Waals surface area (Å²) >= 11 is 0. The Kier molecular flexibility index (Phi) is 7.50. The van der Waals surface area contributed by atoms with Gasteiger partial charge >= 0.3 is 6.16 Å². The molecule has 0 saturated heterocycles. The molecule has 0 aliphatic carbocycles.